The first kappa shape index (κ1) is 23.9. The van der Waals surface area contributed by atoms with Crippen molar-refractivity contribution in [1.82, 2.24) is 0 Å². The predicted molar refractivity (Wildman–Crippen MR) is 141 cm³/mol. The number of aryl methyl sites for hydroxylation is 2. The van der Waals surface area contributed by atoms with Gasteiger partial charge >= 0.3 is 0 Å². The number of anilines is 1. The van der Waals surface area contributed by atoms with E-state index in [2.05, 4.69) is 66.4 Å². The van der Waals surface area contributed by atoms with Crippen LogP contribution in [0.3, 0.4) is 0 Å². The second kappa shape index (κ2) is 10.4. The Bertz CT molecular complexity index is 1130. The van der Waals surface area contributed by atoms with Gasteiger partial charge in [-0.15, -0.1) is 0 Å². The highest BCUT2D eigenvalue weighted by Gasteiger charge is 2.33. The molecule has 0 unspecified atom stereocenters. The van der Waals surface area contributed by atoms with Gasteiger partial charge in [-0.2, -0.15) is 0 Å². The maximum absolute atomic E-state index is 10.1. The molecule has 3 aromatic rings. The standard InChI is InChI=1S/C31H37NO3/c1-21-19-25(32-17-15-23(16-18-32)31(34-2)35-3)10-13-27(21)30-28(22-7-5-4-6-8-22)12-9-24-20-26(33)11-14-29(24)30/h4-8,10-11,13-14,19-20,23,28,30-31,33H,9,12,15-18H2,1-3H3/t28-,30+/m0/s1. The lowest BCUT2D eigenvalue weighted by atomic mass is 9.68. The number of methoxy groups -OCH3 is 2. The van der Waals surface area contributed by atoms with Crippen molar-refractivity contribution >= 4 is 5.69 Å². The molecule has 4 heteroatoms. The van der Waals surface area contributed by atoms with Gasteiger partial charge in [-0.3, -0.25) is 0 Å². The van der Waals surface area contributed by atoms with Gasteiger partial charge < -0.3 is 19.5 Å². The number of rotatable bonds is 6. The Morgan fingerprint density at radius 1 is 0.857 bits per heavy atom. The fraction of sp³-hybridized carbons (Fsp3) is 0.419. The lowest BCUT2D eigenvalue weighted by Gasteiger charge is -2.37. The molecule has 35 heavy (non-hydrogen) atoms. The van der Waals surface area contributed by atoms with Crippen molar-refractivity contribution in [3.05, 3.63) is 94.5 Å². The summed E-state index contributed by atoms with van der Waals surface area (Å²) >= 11 is 0. The third kappa shape index (κ3) is 4.82. The Labute approximate surface area is 209 Å². The first-order valence-corrected chi connectivity index (χ1v) is 12.9. The van der Waals surface area contributed by atoms with E-state index in [4.69, 9.17) is 9.47 Å². The van der Waals surface area contributed by atoms with Gasteiger partial charge in [0.2, 0.25) is 0 Å². The Morgan fingerprint density at radius 3 is 2.26 bits per heavy atom. The summed E-state index contributed by atoms with van der Waals surface area (Å²) in [5.74, 6) is 1.52. The van der Waals surface area contributed by atoms with E-state index in [0.717, 1.165) is 38.8 Å². The van der Waals surface area contributed by atoms with Crippen LogP contribution in [0.5, 0.6) is 5.75 Å². The summed E-state index contributed by atoms with van der Waals surface area (Å²) in [4.78, 5) is 2.50. The third-order valence-electron chi connectivity index (χ3n) is 8.16. The van der Waals surface area contributed by atoms with E-state index in [9.17, 15) is 5.11 Å². The molecular formula is C31H37NO3. The van der Waals surface area contributed by atoms with Crippen molar-refractivity contribution < 1.29 is 14.6 Å². The Morgan fingerprint density at radius 2 is 1.57 bits per heavy atom. The average molecular weight is 472 g/mol. The van der Waals surface area contributed by atoms with Crippen molar-refractivity contribution in [1.29, 1.82) is 0 Å². The number of hydrogen-bond acceptors (Lipinski definition) is 4. The SMILES string of the molecule is COC(OC)C1CCN(c2ccc([C@H]3c4ccc(O)cc4CC[C@H]3c3ccccc3)c(C)c2)CC1. The van der Waals surface area contributed by atoms with Gasteiger partial charge in [0.15, 0.2) is 6.29 Å². The zero-order chi connectivity index (χ0) is 24.4. The molecule has 1 saturated heterocycles. The molecule has 5 rings (SSSR count). The first-order valence-electron chi connectivity index (χ1n) is 12.9. The molecule has 3 aromatic carbocycles. The van der Waals surface area contributed by atoms with Crippen LogP contribution < -0.4 is 4.90 Å². The summed E-state index contributed by atoms with van der Waals surface area (Å²) in [6.07, 6.45) is 4.11. The Balaban J connectivity index is 1.44. The highest BCUT2D eigenvalue weighted by atomic mass is 16.7. The van der Waals surface area contributed by atoms with Crippen molar-refractivity contribution in [2.45, 2.75) is 50.7 Å². The van der Waals surface area contributed by atoms with Crippen LogP contribution in [0.25, 0.3) is 0 Å². The van der Waals surface area contributed by atoms with Gasteiger partial charge in [-0.25, -0.2) is 0 Å². The van der Waals surface area contributed by atoms with Crippen LogP contribution >= 0.6 is 0 Å². The minimum atomic E-state index is -0.109. The van der Waals surface area contributed by atoms with E-state index in [1.54, 1.807) is 14.2 Å². The molecule has 4 nitrogen and oxygen atoms in total. The lowest BCUT2D eigenvalue weighted by molar-refractivity contribution is -0.141. The quantitative estimate of drug-likeness (QED) is 0.423. The number of benzene rings is 3. The molecule has 0 radical (unpaired) electrons. The topological polar surface area (TPSA) is 41.9 Å². The van der Waals surface area contributed by atoms with Crippen LogP contribution in [-0.2, 0) is 15.9 Å². The summed E-state index contributed by atoms with van der Waals surface area (Å²) in [6.45, 7) is 4.30. The van der Waals surface area contributed by atoms with Crippen LogP contribution in [0.2, 0.25) is 0 Å². The van der Waals surface area contributed by atoms with E-state index >= 15 is 0 Å². The van der Waals surface area contributed by atoms with Crippen LogP contribution in [0, 0.1) is 12.8 Å². The number of fused-ring (bicyclic) bond motifs is 1. The highest BCUT2D eigenvalue weighted by Crippen LogP contribution is 2.48. The number of ether oxygens (including phenoxy) is 2. The summed E-state index contributed by atoms with van der Waals surface area (Å²) in [6, 6.07) is 23.9. The molecule has 2 aliphatic rings. The van der Waals surface area contributed by atoms with E-state index in [1.807, 2.05) is 12.1 Å². The van der Waals surface area contributed by atoms with Crippen LogP contribution in [0.4, 0.5) is 5.69 Å². The molecule has 0 bridgehead atoms. The van der Waals surface area contributed by atoms with E-state index in [0.29, 0.717) is 17.6 Å². The van der Waals surface area contributed by atoms with Gasteiger partial charge in [0.05, 0.1) is 0 Å². The monoisotopic (exact) mass is 471 g/mol. The summed E-state index contributed by atoms with van der Waals surface area (Å²) < 4.78 is 11.0. The average Bonchev–Trinajstić information content (AvgIpc) is 2.89. The second-order valence-corrected chi connectivity index (χ2v) is 10.1. The van der Waals surface area contributed by atoms with E-state index in [-0.39, 0.29) is 12.2 Å². The first-order chi connectivity index (χ1) is 17.1. The molecular weight excluding hydrogens is 434 g/mol. The molecule has 184 valence electrons. The normalized spacial score (nSPS) is 20.7. The van der Waals surface area contributed by atoms with E-state index in [1.165, 1.54) is 33.5 Å². The van der Waals surface area contributed by atoms with Gasteiger partial charge in [-0.05, 0) is 90.6 Å². The molecule has 0 spiro atoms. The Hall–Kier alpha value is -2.82. The molecule has 1 heterocycles. The van der Waals surface area contributed by atoms with Crippen LogP contribution in [0.1, 0.15) is 58.9 Å². The number of nitrogens with zero attached hydrogens (tertiary/aromatic N) is 1. The number of piperidine rings is 1. The zero-order valence-corrected chi connectivity index (χ0v) is 21.1. The molecule has 1 N–H and O–H groups in total. The number of phenolic OH excluding ortho intramolecular Hbond substituents is 1. The molecule has 0 saturated carbocycles. The fourth-order valence-electron chi connectivity index (χ4n) is 6.37. The van der Waals surface area contributed by atoms with Crippen molar-refractivity contribution in [2.75, 3.05) is 32.2 Å². The van der Waals surface area contributed by atoms with Gasteiger partial charge in [-0.1, -0.05) is 42.5 Å². The molecule has 0 aromatic heterocycles. The molecule has 2 atom stereocenters. The summed E-state index contributed by atoms with van der Waals surface area (Å²) in [5.41, 5.74) is 8.05. The van der Waals surface area contributed by atoms with Crippen molar-refractivity contribution in [3.63, 3.8) is 0 Å². The predicted octanol–water partition coefficient (Wildman–Crippen LogP) is 6.40. The van der Waals surface area contributed by atoms with Gasteiger partial charge in [0.1, 0.15) is 5.75 Å². The molecule has 1 aliphatic carbocycles. The van der Waals surface area contributed by atoms with Crippen molar-refractivity contribution in [3.8, 4) is 5.75 Å². The Kier molecular flexibility index (Phi) is 7.12. The fourth-order valence-corrected chi connectivity index (χ4v) is 6.37. The zero-order valence-electron chi connectivity index (χ0n) is 21.1. The van der Waals surface area contributed by atoms with Crippen LogP contribution in [-0.4, -0.2) is 38.7 Å². The van der Waals surface area contributed by atoms with Crippen LogP contribution in [0.15, 0.2) is 66.7 Å². The minimum Gasteiger partial charge on any atom is -0.508 e. The third-order valence-corrected chi connectivity index (χ3v) is 8.16. The summed E-state index contributed by atoms with van der Waals surface area (Å²) in [5, 5.41) is 10.1. The largest absolute Gasteiger partial charge is 0.508 e. The van der Waals surface area contributed by atoms with Gasteiger partial charge in [0, 0.05) is 44.8 Å². The van der Waals surface area contributed by atoms with E-state index < -0.39 is 0 Å². The summed E-state index contributed by atoms with van der Waals surface area (Å²) in [7, 11) is 3.46. The highest BCUT2D eigenvalue weighted by molar-refractivity contribution is 5.55. The minimum absolute atomic E-state index is 0.109. The lowest BCUT2D eigenvalue weighted by Crippen LogP contribution is -2.39. The molecule has 0 amide bonds. The van der Waals surface area contributed by atoms with Gasteiger partial charge in [0.25, 0.3) is 0 Å². The maximum atomic E-state index is 10.1. The molecule has 1 fully saturated rings. The number of hydrogen-bond donors (Lipinski definition) is 1. The smallest absolute Gasteiger partial charge is 0.159 e. The number of phenols is 1. The molecule has 1 aliphatic heterocycles. The van der Waals surface area contributed by atoms with Crippen molar-refractivity contribution in [2.24, 2.45) is 5.92 Å². The maximum Gasteiger partial charge on any atom is 0.159 e. The second-order valence-electron chi connectivity index (χ2n) is 10.1. The number of aromatic hydroxyl groups is 1.